The van der Waals surface area contributed by atoms with Gasteiger partial charge in [-0.3, -0.25) is 13.9 Å². The van der Waals surface area contributed by atoms with Gasteiger partial charge in [-0.2, -0.15) is 0 Å². The second-order valence-electron chi connectivity index (χ2n) is 8.92. The number of benzene rings is 3. The highest BCUT2D eigenvalue weighted by Gasteiger charge is 2.34. The summed E-state index contributed by atoms with van der Waals surface area (Å²) in [7, 11) is -0.200. The fraction of sp³-hybridized carbons (Fsp3) is 0.310. The molecule has 0 aromatic heterocycles. The number of methoxy groups -OCH3 is 3. The predicted octanol–water partition coefficient (Wildman–Crippen LogP) is 4.11. The van der Waals surface area contributed by atoms with Crippen LogP contribution < -0.4 is 23.8 Å². The second-order valence-corrected chi connectivity index (χ2v) is 11.2. The number of carbonyl (C=O) groups is 2. The molecule has 220 valence electrons. The highest BCUT2D eigenvalue weighted by Crippen LogP contribution is 2.37. The Morgan fingerprint density at radius 1 is 0.902 bits per heavy atom. The molecule has 0 heterocycles. The van der Waals surface area contributed by atoms with Gasteiger partial charge in [0.1, 0.15) is 18.3 Å². The topological polar surface area (TPSA) is 114 Å². The van der Waals surface area contributed by atoms with Crippen LogP contribution in [0.4, 0.5) is 5.69 Å². The number of anilines is 1. The number of amides is 2. The molecule has 1 atom stereocenters. The summed E-state index contributed by atoms with van der Waals surface area (Å²) < 4.78 is 45.3. The monoisotopic (exact) mass is 603 g/mol. The number of nitrogens with one attached hydrogen (secondary N) is 1. The van der Waals surface area contributed by atoms with Crippen molar-refractivity contribution in [3.63, 3.8) is 0 Å². The molecule has 0 spiro atoms. The fourth-order valence-corrected chi connectivity index (χ4v) is 5.76. The van der Waals surface area contributed by atoms with E-state index in [1.54, 1.807) is 19.9 Å². The molecule has 0 unspecified atom stereocenters. The molecule has 2 amide bonds. The summed E-state index contributed by atoms with van der Waals surface area (Å²) in [5.74, 6) is -0.282. The van der Waals surface area contributed by atoms with Crippen LogP contribution in [-0.2, 0) is 26.2 Å². The van der Waals surface area contributed by atoms with Crippen LogP contribution in [-0.4, -0.2) is 65.6 Å². The summed E-state index contributed by atoms with van der Waals surface area (Å²) in [4.78, 5) is 28.0. The molecule has 10 nitrogen and oxygen atoms in total. The van der Waals surface area contributed by atoms with E-state index in [4.69, 9.17) is 25.8 Å². The second kappa shape index (κ2) is 14.1. The van der Waals surface area contributed by atoms with E-state index in [2.05, 4.69) is 5.32 Å². The van der Waals surface area contributed by atoms with Gasteiger partial charge in [-0.05, 0) is 49.7 Å². The lowest BCUT2D eigenvalue weighted by Crippen LogP contribution is -2.51. The van der Waals surface area contributed by atoms with Crippen LogP contribution in [0.1, 0.15) is 19.4 Å². The quantitative estimate of drug-likeness (QED) is 0.313. The Hall–Kier alpha value is -3.96. The van der Waals surface area contributed by atoms with Crippen LogP contribution >= 0.6 is 11.6 Å². The summed E-state index contributed by atoms with van der Waals surface area (Å²) in [6.07, 6.45) is 0. The zero-order chi connectivity index (χ0) is 30.2. The van der Waals surface area contributed by atoms with Crippen molar-refractivity contribution >= 4 is 39.1 Å². The van der Waals surface area contributed by atoms with Crippen LogP contribution in [0.5, 0.6) is 17.2 Å². The maximum atomic E-state index is 14.2. The SMILES string of the molecule is CCNC(=O)[C@@H](C)N(Cc1ccccc1)C(=O)CN(c1cc(Cl)ccc1OC)S(=O)(=O)c1ccc(OC)c(OC)c1. The number of carbonyl (C=O) groups excluding carboxylic acids is 2. The van der Waals surface area contributed by atoms with Gasteiger partial charge in [0.05, 0.1) is 31.9 Å². The largest absolute Gasteiger partial charge is 0.495 e. The molecule has 0 saturated heterocycles. The maximum Gasteiger partial charge on any atom is 0.265 e. The summed E-state index contributed by atoms with van der Waals surface area (Å²) in [5, 5.41) is 2.96. The molecule has 0 saturated carbocycles. The third-order valence-electron chi connectivity index (χ3n) is 6.35. The lowest BCUT2D eigenvalue weighted by molar-refractivity contribution is -0.139. The molecule has 12 heteroatoms. The smallest absolute Gasteiger partial charge is 0.265 e. The van der Waals surface area contributed by atoms with Gasteiger partial charge in [-0.25, -0.2) is 8.42 Å². The van der Waals surface area contributed by atoms with E-state index in [-0.39, 0.29) is 39.6 Å². The average molecular weight is 604 g/mol. The zero-order valence-corrected chi connectivity index (χ0v) is 25.2. The molecular weight excluding hydrogens is 570 g/mol. The molecule has 41 heavy (non-hydrogen) atoms. The first-order valence-electron chi connectivity index (χ1n) is 12.8. The standard InChI is InChI=1S/C29H34ClN3O7S/c1-6-31-29(35)20(2)32(18-21-10-8-7-9-11-21)28(34)19-33(24-16-22(30)12-14-25(24)38-3)41(36,37)23-13-15-26(39-4)27(17-23)40-5/h7-17,20H,6,18-19H2,1-5H3,(H,31,35)/t20-/m1/s1. The number of hydrogen-bond donors (Lipinski definition) is 1. The molecule has 3 aromatic carbocycles. The fourth-order valence-electron chi connectivity index (χ4n) is 4.16. The van der Waals surface area contributed by atoms with Crippen molar-refractivity contribution in [1.29, 1.82) is 0 Å². The number of rotatable bonds is 13. The molecule has 0 aliphatic rings. The van der Waals surface area contributed by atoms with Gasteiger partial charge in [0.15, 0.2) is 11.5 Å². The van der Waals surface area contributed by atoms with Gasteiger partial charge >= 0.3 is 0 Å². The van der Waals surface area contributed by atoms with Gasteiger partial charge in [0.25, 0.3) is 10.0 Å². The van der Waals surface area contributed by atoms with Crippen molar-refractivity contribution in [2.75, 3.05) is 38.7 Å². The number of hydrogen-bond acceptors (Lipinski definition) is 7. The Morgan fingerprint density at radius 2 is 1.54 bits per heavy atom. The highest BCUT2D eigenvalue weighted by molar-refractivity contribution is 7.92. The molecule has 0 radical (unpaired) electrons. The number of halogens is 1. The highest BCUT2D eigenvalue weighted by atomic mass is 35.5. The summed E-state index contributed by atoms with van der Waals surface area (Å²) in [6.45, 7) is 3.17. The van der Waals surface area contributed by atoms with E-state index < -0.39 is 28.5 Å². The summed E-state index contributed by atoms with van der Waals surface area (Å²) in [5.41, 5.74) is 0.820. The minimum atomic E-state index is -4.41. The van der Waals surface area contributed by atoms with Crippen molar-refractivity contribution in [2.24, 2.45) is 0 Å². The summed E-state index contributed by atoms with van der Waals surface area (Å²) >= 11 is 6.27. The lowest BCUT2D eigenvalue weighted by Gasteiger charge is -2.32. The maximum absolute atomic E-state index is 14.2. The van der Waals surface area contributed by atoms with Crippen LogP contribution in [0, 0.1) is 0 Å². The van der Waals surface area contributed by atoms with E-state index in [0.717, 1.165) is 9.87 Å². The number of nitrogens with zero attached hydrogens (tertiary/aromatic N) is 2. The van der Waals surface area contributed by atoms with E-state index in [1.165, 1.54) is 56.6 Å². The molecule has 0 fully saturated rings. The Kier molecular flexibility index (Phi) is 10.8. The first-order valence-corrected chi connectivity index (χ1v) is 14.6. The van der Waals surface area contributed by atoms with Crippen molar-refractivity contribution in [3.8, 4) is 17.2 Å². The van der Waals surface area contributed by atoms with E-state index in [0.29, 0.717) is 12.3 Å². The normalized spacial score (nSPS) is 11.8. The van der Waals surface area contributed by atoms with Crippen LogP contribution in [0.3, 0.4) is 0 Å². The van der Waals surface area contributed by atoms with Gasteiger partial charge in [0.2, 0.25) is 11.8 Å². The van der Waals surface area contributed by atoms with Crippen molar-refractivity contribution in [2.45, 2.75) is 31.3 Å². The Labute approximate surface area is 245 Å². The third-order valence-corrected chi connectivity index (χ3v) is 8.34. The first-order chi connectivity index (χ1) is 19.6. The molecule has 0 aliphatic carbocycles. The van der Waals surface area contributed by atoms with E-state index in [9.17, 15) is 18.0 Å². The third kappa shape index (κ3) is 7.42. The molecule has 1 N–H and O–H groups in total. The predicted molar refractivity (Wildman–Crippen MR) is 157 cm³/mol. The minimum Gasteiger partial charge on any atom is -0.495 e. The number of likely N-dealkylation sites (N-methyl/N-ethyl adjacent to an activating group) is 1. The Balaban J connectivity index is 2.14. The van der Waals surface area contributed by atoms with Crippen molar-refractivity contribution < 1.29 is 32.2 Å². The molecule has 0 aliphatic heterocycles. The van der Waals surface area contributed by atoms with Crippen molar-refractivity contribution in [3.05, 3.63) is 77.3 Å². The van der Waals surface area contributed by atoms with Crippen molar-refractivity contribution in [1.82, 2.24) is 10.2 Å². The van der Waals surface area contributed by atoms with E-state index >= 15 is 0 Å². The minimum absolute atomic E-state index is 0.0495. The van der Waals surface area contributed by atoms with Gasteiger partial charge in [-0.15, -0.1) is 0 Å². The van der Waals surface area contributed by atoms with Gasteiger partial charge in [0, 0.05) is 24.2 Å². The molecule has 3 rings (SSSR count). The van der Waals surface area contributed by atoms with Gasteiger partial charge < -0.3 is 24.4 Å². The average Bonchev–Trinajstić information content (AvgIpc) is 2.98. The summed E-state index contributed by atoms with van der Waals surface area (Å²) in [6, 6.07) is 16.8. The Bertz CT molecular complexity index is 1470. The van der Waals surface area contributed by atoms with Gasteiger partial charge in [-0.1, -0.05) is 41.9 Å². The van der Waals surface area contributed by atoms with Crippen LogP contribution in [0.15, 0.2) is 71.6 Å². The molecule has 3 aromatic rings. The lowest BCUT2D eigenvalue weighted by atomic mass is 10.1. The van der Waals surface area contributed by atoms with E-state index in [1.807, 2.05) is 30.3 Å². The first kappa shape index (κ1) is 31.6. The molecular formula is C29H34ClN3O7S. The number of ether oxygens (including phenoxy) is 3. The number of sulfonamides is 1. The molecule has 0 bridgehead atoms. The Morgan fingerprint density at radius 3 is 2.15 bits per heavy atom. The van der Waals surface area contributed by atoms with Crippen LogP contribution in [0.2, 0.25) is 5.02 Å². The van der Waals surface area contributed by atoms with Crippen LogP contribution in [0.25, 0.3) is 0 Å². The zero-order valence-electron chi connectivity index (χ0n) is 23.6.